The lowest BCUT2D eigenvalue weighted by Crippen LogP contribution is -2.52. The average molecular weight is 1030 g/mol. The maximum absolute atomic E-state index is 13.7. The van der Waals surface area contributed by atoms with Gasteiger partial charge < -0.3 is 34.6 Å². The molecule has 70 heavy (non-hydrogen) atoms. The van der Waals surface area contributed by atoms with Crippen molar-refractivity contribution in [3.05, 3.63) is 113 Å². The van der Waals surface area contributed by atoms with Crippen LogP contribution in [0, 0.1) is 5.92 Å². The van der Waals surface area contributed by atoms with Crippen molar-refractivity contribution in [3.8, 4) is 28.0 Å². The number of benzene rings is 4. The van der Waals surface area contributed by atoms with E-state index in [1.165, 1.54) is 0 Å². The number of anilines is 6. The minimum absolute atomic E-state index is 0.145. The van der Waals surface area contributed by atoms with Crippen molar-refractivity contribution in [2.75, 3.05) is 86.7 Å². The van der Waals surface area contributed by atoms with Gasteiger partial charge in [-0.1, -0.05) is 36.4 Å². The van der Waals surface area contributed by atoms with E-state index < -0.39 is 13.2 Å². The monoisotopic (exact) mass is 1030 g/mol. The molecule has 2 aromatic heterocycles. The summed E-state index contributed by atoms with van der Waals surface area (Å²) in [5, 5.41) is 14.5. The van der Waals surface area contributed by atoms with Crippen LogP contribution in [0.4, 0.5) is 34.5 Å². The molecule has 4 aliphatic heterocycles. The summed E-state index contributed by atoms with van der Waals surface area (Å²) in [5.74, 6) is 1.28. The Hall–Kier alpha value is -6.55. The van der Waals surface area contributed by atoms with E-state index in [4.69, 9.17) is 9.72 Å². The number of nitrogens with zero attached hydrogens (tertiary/aromatic N) is 8. The number of aromatic nitrogens is 4. The summed E-state index contributed by atoms with van der Waals surface area (Å²) in [5.41, 5.74) is 9.20. The molecule has 3 fully saturated rings. The van der Waals surface area contributed by atoms with Crippen LogP contribution < -0.4 is 35.8 Å². The Labute approximate surface area is 416 Å². The van der Waals surface area contributed by atoms with Gasteiger partial charge in [0.2, 0.25) is 17.8 Å². The van der Waals surface area contributed by atoms with Gasteiger partial charge in [0.25, 0.3) is 5.91 Å². The Morgan fingerprint density at radius 2 is 1.60 bits per heavy atom. The number of ether oxygens (including phenoxy) is 1. The molecule has 0 spiro atoms. The number of hydrogen-bond acceptors (Lipinski definition) is 13. The maximum atomic E-state index is 13.7. The number of carbonyl (C=O) groups is 3. The number of aryl methyl sites for hydroxylation is 1. The smallest absolute Gasteiger partial charge is 0.255 e. The molecule has 1 unspecified atom stereocenters. The molecule has 0 saturated carbocycles. The zero-order valence-electron chi connectivity index (χ0n) is 39.8. The number of amides is 3. The molecule has 6 heterocycles. The summed E-state index contributed by atoms with van der Waals surface area (Å²) in [7, 11) is 0.889. The fourth-order valence-corrected chi connectivity index (χ4v) is 11.7. The van der Waals surface area contributed by atoms with Crippen molar-refractivity contribution in [1.29, 1.82) is 0 Å². The highest BCUT2D eigenvalue weighted by Crippen LogP contribution is 2.43. The SMILES string of the molecule is COc1cc(N2CCC(CN3CCN(c4ccc5c(c4)CN(C4CCC(=O)NC4=O)C5=O)CC3)CC2)c(-c2cnn(C)c2)cc1Nc1ncc(Br)c(Nc2ccc(-c3ccccc3)cc2P(C)(C)=O)n1. The average Bonchev–Trinajstić information content (AvgIpc) is 3.94. The molecular weight excluding hydrogens is 970 g/mol. The molecule has 0 radical (unpaired) electrons. The molecule has 362 valence electrons. The lowest BCUT2D eigenvalue weighted by atomic mass is 9.94. The van der Waals surface area contributed by atoms with Gasteiger partial charge in [0.05, 0.1) is 29.2 Å². The molecule has 4 aliphatic rings. The van der Waals surface area contributed by atoms with E-state index in [1.54, 1.807) is 31.5 Å². The van der Waals surface area contributed by atoms with Gasteiger partial charge in [-0.3, -0.25) is 29.3 Å². The summed E-state index contributed by atoms with van der Waals surface area (Å²) < 4.78 is 22.2. The Morgan fingerprint density at radius 1 is 0.814 bits per heavy atom. The zero-order valence-corrected chi connectivity index (χ0v) is 42.3. The molecule has 0 bridgehead atoms. The van der Waals surface area contributed by atoms with Crippen LogP contribution in [-0.2, 0) is 27.7 Å². The lowest BCUT2D eigenvalue weighted by Gasteiger charge is -2.40. The van der Waals surface area contributed by atoms with E-state index in [2.05, 4.69) is 74.9 Å². The first-order valence-electron chi connectivity index (χ1n) is 23.8. The Bertz CT molecular complexity index is 3020. The van der Waals surface area contributed by atoms with Crippen molar-refractivity contribution in [1.82, 2.24) is 34.9 Å². The molecular formula is C52H57BrN11O5P. The van der Waals surface area contributed by atoms with E-state index in [0.717, 1.165) is 103 Å². The van der Waals surface area contributed by atoms with Crippen LogP contribution in [0.3, 0.4) is 0 Å². The quantitative estimate of drug-likeness (QED) is 0.0756. The largest absolute Gasteiger partial charge is 0.494 e. The first-order chi connectivity index (χ1) is 33.8. The highest BCUT2D eigenvalue weighted by atomic mass is 79.9. The lowest BCUT2D eigenvalue weighted by molar-refractivity contribution is -0.136. The minimum atomic E-state index is -2.71. The van der Waals surface area contributed by atoms with E-state index >= 15 is 0 Å². The molecule has 10 rings (SSSR count). The van der Waals surface area contributed by atoms with Crippen LogP contribution in [-0.4, -0.2) is 120 Å². The van der Waals surface area contributed by atoms with Crippen molar-refractivity contribution >= 4 is 80.6 Å². The number of imide groups is 1. The first-order valence-corrected chi connectivity index (χ1v) is 27.2. The van der Waals surface area contributed by atoms with Crippen molar-refractivity contribution in [2.24, 2.45) is 13.0 Å². The predicted molar refractivity (Wildman–Crippen MR) is 279 cm³/mol. The molecule has 6 aromatic rings. The first kappa shape index (κ1) is 47.1. The highest BCUT2D eigenvalue weighted by molar-refractivity contribution is 9.10. The van der Waals surface area contributed by atoms with Crippen LogP contribution >= 0.6 is 23.1 Å². The molecule has 3 saturated heterocycles. The van der Waals surface area contributed by atoms with Gasteiger partial charge in [-0.25, -0.2) is 4.98 Å². The number of halogens is 1. The van der Waals surface area contributed by atoms with Gasteiger partial charge in [-0.05, 0) is 108 Å². The van der Waals surface area contributed by atoms with Crippen molar-refractivity contribution in [3.63, 3.8) is 0 Å². The van der Waals surface area contributed by atoms with Crippen LogP contribution in [0.25, 0.3) is 22.3 Å². The van der Waals surface area contributed by atoms with Crippen LogP contribution in [0.5, 0.6) is 5.75 Å². The number of methoxy groups -OCH3 is 1. The summed E-state index contributed by atoms with van der Waals surface area (Å²) >= 11 is 3.64. The Morgan fingerprint density at radius 3 is 2.31 bits per heavy atom. The summed E-state index contributed by atoms with van der Waals surface area (Å²) in [6, 6.07) is 25.6. The number of nitrogens with one attached hydrogen (secondary N) is 3. The van der Waals surface area contributed by atoms with E-state index in [0.29, 0.717) is 57.8 Å². The second-order valence-corrected chi connectivity index (χ2v) is 23.1. The van der Waals surface area contributed by atoms with Gasteiger partial charge in [0, 0.05) is 118 Å². The predicted octanol–water partition coefficient (Wildman–Crippen LogP) is 7.85. The standard InChI is InChI=1S/C52H57BrN11O5P/c1-60-31-37(28-55-60)40-26-43(57-52-54-29-41(53)49(59-52)56-42-13-10-35(25-47(42)70(3,4)68)34-8-6-5-7-9-34)46(69-2)27-45(40)63-18-16-33(17-19-63)30-61-20-22-62(23-21-61)38-11-12-39-36(24-38)32-64(51(39)67)44-14-15-48(65)58-50(44)66/h5-13,24-29,31,33,44H,14-23,30,32H2,1-4H3,(H,58,65,66)(H2,54,56,57,59). The number of rotatable bonds is 13. The number of fused-ring (bicyclic) bond motifs is 1. The number of piperazine rings is 1. The molecule has 4 aromatic carbocycles. The van der Waals surface area contributed by atoms with Gasteiger partial charge in [-0.15, -0.1) is 0 Å². The fourth-order valence-electron chi connectivity index (χ4n) is 10.2. The fraction of sp³-hybridized carbons (Fsp3) is 0.346. The molecule has 16 nitrogen and oxygen atoms in total. The number of hydrogen-bond donors (Lipinski definition) is 3. The van der Waals surface area contributed by atoms with E-state index in [-0.39, 0.29) is 24.1 Å². The summed E-state index contributed by atoms with van der Waals surface area (Å²) in [6.07, 6.45) is 8.32. The Balaban J connectivity index is 0.793. The van der Waals surface area contributed by atoms with E-state index in [1.807, 2.05) is 84.8 Å². The van der Waals surface area contributed by atoms with Gasteiger partial charge in [-0.2, -0.15) is 10.1 Å². The number of carbonyl (C=O) groups excluding carboxylic acids is 3. The second kappa shape index (κ2) is 19.7. The van der Waals surface area contributed by atoms with E-state index in [9.17, 15) is 18.9 Å². The normalized spacial score (nSPS) is 18.0. The molecule has 0 aliphatic carbocycles. The highest BCUT2D eigenvalue weighted by Gasteiger charge is 2.39. The van der Waals surface area contributed by atoms with Gasteiger partial charge >= 0.3 is 0 Å². The van der Waals surface area contributed by atoms with Crippen LogP contribution in [0.2, 0.25) is 0 Å². The molecule has 3 N–H and O–H groups in total. The third-order valence-corrected chi connectivity index (χ3v) is 16.1. The maximum Gasteiger partial charge on any atom is 0.255 e. The summed E-state index contributed by atoms with van der Waals surface area (Å²) in [6.45, 7) is 10.5. The van der Waals surface area contributed by atoms with Crippen LogP contribution in [0.15, 0.2) is 102 Å². The van der Waals surface area contributed by atoms with Gasteiger partial charge in [0.15, 0.2) is 0 Å². The summed E-state index contributed by atoms with van der Waals surface area (Å²) in [4.78, 5) is 56.1. The molecule has 3 amide bonds. The van der Waals surface area contributed by atoms with Crippen molar-refractivity contribution in [2.45, 2.75) is 38.3 Å². The molecule has 18 heteroatoms. The van der Waals surface area contributed by atoms with Crippen LogP contribution in [0.1, 0.15) is 41.6 Å². The van der Waals surface area contributed by atoms with Gasteiger partial charge in [0.1, 0.15) is 24.8 Å². The zero-order chi connectivity index (χ0) is 48.7. The second-order valence-electron chi connectivity index (χ2n) is 19.0. The van der Waals surface area contributed by atoms with Crippen molar-refractivity contribution < 1.29 is 23.7 Å². The minimum Gasteiger partial charge on any atom is -0.494 e. The molecule has 1 atom stereocenters. The number of piperidine rings is 2. The Kier molecular flexibility index (Phi) is 13.3. The third-order valence-electron chi connectivity index (χ3n) is 14.0. The topological polar surface area (TPSA) is 170 Å². The third kappa shape index (κ3) is 9.92.